The molecular weight excluding hydrogens is 215 g/mol. The lowest BCUT2D eigenvalue weighted by atomic mass is 10.1. The zero-order chi connectivity index (χ0) is 12.1. The van der Waals surface area contributed by atoms with Crippen LogP contribution in [0.15, 0.2) is 48.5 Å². The summed E-state index contributed by atoms with van der Waals surface area (Å²) in [7, 11) is 0. The third-order valence-electron chi connectivity index (χ3n) is 2.69. The van der Waals surface area contributed by atoms with Gasteiger partial charge in [0.25, 0.3) is 0 Å². The molecule has 0 atom stereocenters. The topological polar surface area (TPSA) is 9.23 Å². The Bertz CT molecular complexity index is 494. The summed E-state index contributed by atoms with van der Waals surface area (Å²) in [4.78, 5) is 0. The second-order valence-corrected chi connectivity index (χ2v) is 3.87. The maximum atomic E-state index is 13.0. The molecule has 0 N–H and O–H groups in total. The standard InChI is InChI=1S/C15H15FO/c1-2-12-6-3-4-7-13(12)11-17-15-9-5-8-14(16)10-15/h3-10H,2,11H2,1H3. The number of hydrogen-bond acceptors (Lipinski definition) is 1. The van der Waals surface area contributed by atoms with Crippen molar-refractivity contribution >= 4 is 0 Å². The van der Waals surface area contributed by atoms with Crippen LogP contribution in [0.1, 0.15) is 18.1 Å². The summed E-state index contributed by atoms with van der Waals surface area (Å²) in [5.74, 6) is 0.294. The molecule has 0 saturated carbocycles. The van der Waals surface area contributed by atoms with Gasteiger partial charge in [0.2, 0.25) is 0 Å². The Balaban J connectivity index is 2.07. The minimum absolute atomic E-state index is 0.272. The number of ether oxygens (including phenoxy) is 1. The molecule has 0 bridgehead atoms. The van der Waals surface area contributed by atoms with Crippen molar-refractivity contribution in [1.29, 1.82) is 0 Å². The van der Waals surface area contributed by atoms with Crippen LogP contribution < -0.4 is 4.74 Å². The van der Waals surface area contributed by atoms with E-state index in [1.807, 2.05) is 18.2 Å². The second kappa shape index (κ2) is 5.48. The van der Waals surface area contributed by atoms with E-state index >= 15 is 0 Å². The fraction of sp³-hybridized carbons (Fsp3) is 0.200. The van der Waals surface area contributed by atoms with Crippen LogP contribution in [0, 0.1) is 5.82 Å². The number of benzene rings is 2. The molecule has 0 aromatic heterocycles. The van der Waals surface area contributed by atoms with Gasteiger partial charge in [-0.2, -0.15) is 0 Å². The van der Waals surface area contributed by atoms with Gasteiger partial charge in [0.05, 0.1) is 0 Å². The molecule has 1 nitrogen and oxygen atoms in total. The quantitative estimate of drug-likeness (QED) is 0.772. The fourth-order valence-corrected chi connectivity index (χ4v) is 1.76. The first kappa shape index (κ1) is 11.6. The molecule has 0 fully saturated rings. The lowest BCUT2D eigenvalue weighted by Gasteiger charge is -2.09. The van der Waals surface area contributed by atoms with Gasteiger partial charge in [0, 0.05) is 6.07 Å². The number of halogens is 1. The summed E-state index contributed by atoms with van der Waals surface area (Å²) in [5, 5.41) is 0. The lowest BCUT2D eigenvalue weighted by molar-refractivity contribution is 0.303. The Morgan fingerprint density at radius 2 is 1.76 bits per heavy atom. The highest BCUT2D eigenvalue weighted by Crippen LogP contribution is 2.16. The molecule has 0 saturated heterocycles. The van der Waals surface area contributed by atoms with Crippen molar-refractivity contribution in [2.75, 3.05) is 0 Å². The molecule has 88 valence electrons. The van der Waals surface area contributed by atoms with Gasteiger partial charge in [0.15, 0.2) is 0 Å². The van der Waals surface area contributed by atoms with Gasteiger partial charge >= 0.3 is 0 Å². The molecule has 0 radical (unpaired) electrons. The SMILES string of the molecule is CCc1ccccc1COc1cccc(F)c1. The molecule has 0 unspecified atom stereocenters. The van der Waals surface area contributed by atoms with E-state index in [2.05, 4.69) is 13.0 Å². The molecule has 2 aromatic rings. The number of hydrogen-bond donors (Lipinski definition) is 0. The van der Waals surface area contributed by atoms with E-state index in [-0.39, 0.29) is 5.82 Å². The van der Waals surface area contributed by atoms with Crippen molar-refractivity contribution in [3.63, 3.8) is 0 Å². The molecule has 0 aliphatic carbocycles. The fourth-order valence-electron chi connectivity index (χ4n) is 1.76. The smallest absolute Gasteiger partial charge is 0.126 e. The van der Waals surface area contributed by atoms with Gasteiger partial charge in [-0.25, -0.2) is 4.39 Å². The molecular formula is C15H15FO. The Hall–Kier alpha value is -1.83. The Labute approximate surface area is 101 Å². The summed E-state index contributed by atoms with van der Waals surface area (Å²) in [6, 6.07) is 14.4. The Morgan fingerprint density at radius 3 is 2.47 bits per heavy atom. The lowest BCUT2D eigenvalue weighted by Crippen LogP contribution is -1.99. The van der Waals surface area contributed by atoms with Crippen molar-refractivity contribution in [3.8, 4) is 5.75 Å². The Morgan fingerprint density at radius 1 is 1.00 bits per heavy atom. The van der Waals surface area contributed by atoms with E-state index in [0.717, 1.165) is 12.0 Å². The predicted molar refractivity (Wildman–Crippen MR) is 66.6 cm³/mol. The summed E-state index contributed by atoms with van der Waals surface area (Å²) < 4.78 is 18.5. The zero-order valence-electron chi connectivity index (χ0n) is 9.82. The molecule has 17 heavy (non-hydrogen) atoms. The van der Waals surface area contributed by atoms with Crippen LogP contribution in [0.25, 0.3) is 0 Å². The van der Waals surface area contributed by atoms with Crippen molar-refractivity contribution in [1.82, 2.24) is 0 Å². The minimum Gasteiger partial charge on any atom is -0.489 e. The van der Waals surface area contributed by atoms with Crippen LogP contribution in [-0.2, 0) is 13.0 Å². The van der Waals surface area contributed by atoms with Crippen LogP contribution in [0.4, 0.5) is 4.39 Å². The van der Waals surface area contributed by atoms with Gasteiger partial charge in [-0.1, -0.05) is 37.3 Å². The molecule has 0 heterocycles. The van der Waals surface area contributed by atoms with Crippen molar-refractivity contribution in [2.24, 2.45) is 0 Å². The highest BCUT2D eigenvalue weighted by molar-refractivity contribution is 5.28. The first-order chi connectivity index (χ1) is 8.29. The number of aryl methyl sites for hydroxylation is 1. The van der Waals surface area contributed by atoms with Gasteiger partial charge in [-0.15, -0.1) is 0 Å². The molecule has 0 aliphatic rings. The Kier molecular flexibility index (Phi) is 3.76. The van der Waals surface area contributed by atoms with Gasteiger partial charge < -0.3 is 4.74 Å². The van der Waals surface area contributed by atoms with Crippen LogP contribution in [0.3, 0.4) is 0 Å². The number of rotatable bonds is 4. The highest BCUT2D eigenvalue weighted by atomic mass is 19.1. The third-order valence-corrected chi connectivity index (χ3v) is 2.69. The predicted octanol–water partition coefficient (Wildman–Crippen LogP) is 3.97. The van der Waals surface area contributed by atoms with Crippen molar-refractivity contribution < 1.29 is 9.13 Å². The minimum atomic E-state index is -0.272. The summed E-state index contributed by atoms with van der Waals surface area (Å²) >= 11 is 0. The average Bonchev–Trinajstić information content (AvgIpc) is 2.37. The van der Waals surface area contributed by atoms with E-state index in [9.17, 15) is 4.39 Å². The molecule has 0 spiro atoms. The highest BCUT2D eigenvalue weighted by Gasteiger charge is 2.01. The summed E-state index contributed by atoms with van der Waals surface area (Å²) in [6.45, 7) is 2.59. The van der Waals surface area contributed by atoms with Crippen LogP contribution >= 0.6 is 0 Å². The molecule has 0 aliphatic heterocycles. The van der Waals surface area contributed by atoms with E-state index in [1.54, 1.807) is 12.1 Å². The maximum Gasteiger partial charge on any atom is 0.126 e. The zero-order valence-corrected chi connectivity index (χ0v) is 9.82. The largest absolute Gasteiger partial charge is 0.489 e. The van der Waals surface area contributed by atoms with Crippen LogP contribution in [-0.4, -0.2) is 0 Å². The second-order valence-electron chi connectivity index (χ2n) is 3.87. The van der Waals surface area contributed by atoms with Gasteiger partial charge in [-0.3, -0.25) is 0 Å². The van der Waals surface area contributed by atoms with E-state index < -0.39 is 0 Å². The third kappa shape index (κ3) is 3.06. The monoisotopic (exact) mass is 230 g/mol. The molecule has 0 amide bonds. The van der Waals surface area contributed by atoms with E-state index in [0.29, 0.717) is 12.4 Å². The molecule has 2 aromatic carbocycles. The van der Waals surface area contributed by atoms with E-state index in [1.165, 1.54) is 17.7 Å². The van der Waals surface area contributed by atoms with Crippen LogP contribution in [0.5, 0.6) is 5.75 Å². The van der Waals surface area contributed by atoms with Gasteiger partial charge in [0.1, 0.15) is 18.2 Å². The van der Waals surface area contributed by atoms with Crippen molar-refractivity contribution in [2.45, 2.75) is 20.0 Å². The average molecular weight is 230 g/mol. The van der Waals surface area contributed by atoms with E-state index in [4.69, 9.17) is 4.74 Å². The van der Waals surface area contributed by atoms with Gasteiger partial charge in [-0.05, 0) is 29.7 Å². The molecule has 2 rings (SSSR count). The first-order valence-corrected chi connectivity index (χ1v) is 5.74. The normalized spacial score (nSPS) is 10.2. The summed E-state index contributed by atoms with van der Waals surface area (Å²) in [6.07, 6.45) is 0.975. The maximum absolute atomic E-state index is 13.0. The first-order valence-electron chi connectivity index (χ1n) is 5.74. The summed E-state index contributed by atoms with van der Waals surface area (Å²) in [5.41, 5.74) is 2.42. The molecule has 2 heteroatoms. The van der Waals surface area contributed by atoms with Crippen LogP contribution in [0.2, 0.25) is 0 Å². The van der Waals surface area contributed by atoms with Crippen molar-refractivity contribution in [3.05, 3.63) is 65.5 Å².